The van der Waals surface area contributed by atoms with Crippen molar-refractivity contribution in [2.24, 2.45) is 5.92 Å². The lowest BCUT2D eigenvalue weighted by atomic mass is 9.99. The number of hydrogen-bond donors (Lipinski definition) is 0. The van der Waals surface area contributed by atoms with Crippen molar-refractivity contribution in [3.05, 3.63) is 48.0 Å². The number of nitriles is 1. The SMILES string of the molecule is COc1cc(-c2ccc3c(n2)CN(c2cnn(CCN4CCC(C#N)CC4)c2)C3=O)cnc1OC. The molecule has 0 unspecified atom stereocenters. The molecule has 0 saturated carbocycles. The number of aromatic nitrogens is 4. The van der Waals surface area contributed by atoms with Crippen LogP contribution >= 0.6 is 0 Å². The number of carbonyl (C=O) groups excluding carboxylic acids is 1. The lowest BCUT2D eigenvalue weighted by molar-refractivity contribution is 0.0996. The molecule has 0 spiro atoms. The van der Waals surface area contributed by atoms with E-state index in [1.54, 1.807) is 31.5 Å². The molecule has 1 saturated heterocycles. The Morgan fingerprint density at radius 3 is 2.71 bits per heavy atom. The molecule has 5 heterocycles. The molecule has 1 fully saturated rings. The van der Waals surface area contributed by atoms with Gasteiger partial charge < -0.3 is 14.4 Å². The van der Waals surface area contributed by atoms with E-state index in [9.17, 15) is 4.79 Å². The smallest absolute Gasteiger partial charge is 0.260 e. The number of fused-ring (bicyclic) bond motifs is 1. The first-order valence-corrected chi connectivity index (χ1v) is 11.6. The molecular formula is C25H27N7O3. The van der Waals surface area contributed by atoms with Crippen LogP contribution in [0, 0.1) is 17.2 Å². The summed E-state index contributed by atoms with van der Waals surface area (Å²) in [7, 11) is 3.10. The van der Waals surface area contributed by atoms with Crippen molar-refractivity contribution in [3.8, 4) is 29.0 Å². The number of carbonyl (C=O) groups is 1. The first kappa shape index (κ1) is 22.8. The number of methoxy groups -OCH3 is 2. The summed E-state index contributed by atoms with van der Waals surface area (Å²) in [6.07, 6.45) is 7.17. The van der Waals surface area contributed by atoms with E-state index in [4.69, 9.17) is 19.7 Å². The molecule has 35 heavy (non-hydrogen) atoms. The number of nitrogens with zero attached hydrogens (tertiary/aromatic N) is 7. The third-order valence-electron chi connectivity index (χ3n) is 6.63. The van der Waals surface area contributed by atoms with Gasteiger partial charge >= 0.3 is 0 Å². The molecule has 10 nitrogen and oxygen atoms in total. The van der Waals surface area contributed by atoms with E-state index in [0.717, 1.165) is 56.0 Å². The fourth-order valence-electron chi connectivity index (χ4n) is 4.57. The van der Waals surface area contributed by atoms with Crippen LogP contribution in [0.15, 0.2) is 36.8 Å². The lowest BCUT2D eigenvalue weighted by Crippen LogP contribution is -2.35. The van der Waals surface area contributed by atoms with Crippen LogP contribution < -0.4 is 14.4 Å². The van der Waals surface area contributed by atoms with E-state index >= 15 is 0 Å². The van der Waals surface area contributed by atoms with Crippen molar-refractivity contribution in [3.63, 3.8) is 0 Å². The van der Waals surface area contributed by atoms with Crippen LogP contribution in [0.2, 0.25) is 0 Å². The first-order chi connectivity index (χ1) is 17.1. The van der Waals surface area contributed by atoms with Gasteiger partial charge in [-0.3, -0.25) is 19.4 Å². The molecule has 2 aliphatic rings. The second-order valence-corrected chi connectivity index (χ2v) is 8.72. The van der Waals surface area contributed by atoms with Crippen molar-refractivity contribution in [1.82, 2.24) is 24.6 Å². The van der Waals surface area contributed by atoms with E-state index in [2.05, 4.69) is 21.1 Å². The van der Waals surface area contributed by atoms with Crippen molar-refractivity contribution in [2.45, 2.75) is 25.9 Å². The summed E-state index contributed by atoms with van der Waals surface area (Å²) in [5, 5.41) is 13.5. The number of hydrogen-bond acceptors (Lipinski definition) is 8. The Hall–Kier alpha value is -3.97. The highest BCUT2D eigenvalue weighted by molar-refractivity contribution is 6.09. The average Bonchev–Trinajstić information content (AvgIpc) is 3.51. The minimum atomic E-state index is -0.0809. The Morgan fingerprint density at radius 2 is 1.97 bits per heavy atom. The molecule has 180 valence electrons. The summed E-state index contributed by atoms with van der Waals surface area (Å²) < 4.78 is 12.4. The van der Waals surface area contributed by atoms with Crippen molar-refractivity contribution in [2.75, 3.05) is 38.8 Å². The van der Waals surface area contributed by atoms with E-state index < -0.39 is 0 Å². The van der Waals surface area contributed by atoms with Crippen LogP contribution in [0.5, 0.6) is 11.6 Å². The second kappa shape index (κ2) is 9.72. The number of anilines is 1. The molecule has 0 N–H and O–H groups in total. The third-order valence-corrected chi connectivity index (χ3v) is 6.63. The Balaban J connectivity index is 1.26. The average molecular weight is 474 g/mol. The normalized spacial score (nSPS) is 16.3. The molecule has 1 amide bonds. The summed E-state index contributed by atoms with van der Waals surface area (Å²) in [4.78, 5) is 26.2. The Labute approximate surface area is 203 Å². The minimum Gasteiger partial charge on any atom is -0.491 e. The quantitative estimate of drug-likeness (QED) is 0.515. The van der Waals surface area contributed by atoms with Crippen molar-refractivity contribution >= 4 is 11.6 Å². The highest BCUT2D eigenvalue weighted by Crippen LogP contribution is 2.32. The monoisotopic (exact) mass is 473 g/mol. The Morgan fingerprint density at radius 1 is 1.14 bits per heavy atom. The molecule has 0 atom stereocenters. The van der Waals surface area contributed by atoms with Crippen LogP contribution in [-0.4, -0.2) is 64.4 Å². The second-order valence-electron chi connectivity index (χ2n) is 8.72. The van der Waals surface area contributed by atoms with Gasteiger partial charge in [0.1, 0.15) is 0 Å². The van der Waals surface area contributed by atoms with Gasteiger partial charge in [-0.2, -0.15) is 10.4 Å². The molecule has 10 heteroatoms. The summed E-state index contributed by atoms with van der Waals surface area (Å²) in [5.74, 6) is 1.03. The van der Waals surface area contributed by atoms with Gasteiger partial charge in [0.05, 0.1) is 62.2 Å². The highest BCUT2D eigenvalue weighted by atomic mass is 16.5. The molecule has 3 aromatic rings. The third kappa shape index (κ3) is 4.55. The largest absolute Gasteiger partial charge is 0.491 e. The van der Waals surface area contributed by atoms with Crippen LogP contribution in [-0.2, 0) is 13.1 Å². The number of likely N-dealkylation sites (tertiary alicyclic amines) is 1. The van der Waals surface area contributed by atoms with Gasteiger partial charge in [0.15, 0.2) is 5.75 Å². The van der Waals surface area contributed by atoms with Gasteiger partial charge in [-0.05, 0) is 44.1 Å². The molecule has 0 aromatic carbocycles. The molecular weight excluding hydrogens is 446 g/mol. The van der Waals surface area contributed by atoms with E-state index in [-0.39, 0.29) is 11.8 Å². The molecule has 2 aliphatic heterocycles. The van der Waals surface area contributed by atoms with Gasteiger partial charge in [0.25, 0.3) is 11.8 Å². The standard InChI is InChI=1S/C25H27N7O3/c1-34-23-11-18(13-27-24(23)35-2)21-4-3-20-22(29-21)16-32(25(20)33)19-14-28-31(15-19)10-9-30-7-5-17(12-26)6-8-30/h3-4,11,13-15,17H,5-10,16H2,1-2H3. The number of piperidine rings is 1. The Kier molecular flexibility index (Phi) is 6.33. The molecule has 0 radical (unpaired) electrons. The minimum absolute atomic E-state index is 0.0809. The van der Waals surface area contributed by atoms with Crippen LogP contribution in [0.4, 0.5) is 5.69 Å². The highest BCUT2D eigenvalue weighted by Gasteiger charge is 2.31. The van der Waals surface area contributed by atoms with E-state index in [1.165, 1.54) is 0 Å². The summed E-state index contributed by atoms with van der Waals surface area (Å²) in [6.45, 7) is 3.88. The van der Waals surface area contributed by atoms with Crippen molar-refractivity contribution < 1.29 is 14.3 Å². The van der Waals surface area contributed by atoms with E-state index in [0.29, 0.717) is 29.4 Å². The predicted octanol–water partition coefficient (Wildman–Crippen LogP) is 2.75. The predicted molar refractivity (Wildman–Crippen MR) is 128 cm³/mol. The number of amides is 1. The van der Waals surface area contributed by atoms with Gasteiger partial charge in [0, 0.05) is 30.4 Å². The molecule has 5 rings (SSSR count). The van der Waals surface area contributed by atoms with Gasteiger partial charge in [-0.25, -0.2) is 4.98 Å². The molecule has 0 aliphatic carbocycles. The number of ether oxygens (including phenoxy) is 2. The van der Waals surface area contributed by atoms with Crippen LogP contribution in [0.3, 0.4) is 0 Å². The lowest BCUT2D eigenvalue weighted by Gasteiger charge is -2.28. The zero-order chi connectivity index (χ0) is 24.4. The zero-order valence-corrected chi connectivity index (χ0v) is 19.8. The summed E-state index contributed by atoms with van der Waals surface area (Å²) >= 11 is 0. The maximum Gasteiger partial charge on any atom is 0.260 e. The fraction of sp³-hybridized carbons (Fsp3) is 0.400. The number of rotatable bonds is 7. The summed E-state index contributed by atoms with van der Waals surface area (Å²) in [5.41, 5.74) is 3.56. The zero-order valence-electron chi connectivity index (χ0n) is 19.8. The maximum absolute atomic E-state index is 13.1. The first-order valence-electron chi connectivity index (χ1n) is 11.6. The summed E-state index contributed by atoms with van der Waals surface area (Å²) in [6, 6.07) is 7.82. The van der Waals surface area contributed by atoms with Crippen LogP contribution in [0.1, 0.15) is 28.9 Å². The Bertz CT molecular complexity index is 1270. The van der Waals surface area contributed by atoms with Gasteiger partial charge in [-0.15, -0.1) is 0 Å². The van der Waals surface area contributed by atoms with Gasteiger partial charge in [-0.1, -0.05) is 0 Å². The van der Waals surface area contributed by atoms with Crippen molar-refractivity contribution in [1.29, 1.82) is 5.26 Å². The molecule has 3 aromatic heterocycles. The topological polar surface area (TPSA) is 109 Å². The molecule has 0 bridgehead atoms. The fourth-order valence-corrected chi connectivity index (χ4v) is 4.57. The van der Waals surface area contributed by atoms with Gasteiger partial charge in [0.2, 0.25) is 0 Å². The van der Waals surface area contributed by atoms with E-state index in [1.807, 2.05) is 29.1 Å². The van der Waals surface area contributed by atoms with Crippen LogP contribution in [0.25, 0.3) is 11.3 Å². The maximum atomic E-state index is 13.1. The number of pyridine rings is 2.